The van der Waals surface area contributed by atoms with E-state index in [-0.39, 0.29) is 5.91 Å². The summed E-state index contributed by atoms with van der Waals surface area (Å²) in [5.74, 6) is 1.13. The van der Waals surface area contributed by atoms with E-state index in [0.29, 0.717) is 22.9 Å². The normalized spacial score (nSPS) is 26.7. The number of piperidine rings is 1. The van der Waals surface area contributed by atoms with Gasteiger partial charge in [-0.3, -0.25) is 9.69 Å². The Morgan fingerprint density at radius 3 is 2.64 bits per heavy atom. The van der Waals surface area contributed by atoms with Crippen molar-refractivity contribution in [1.29, 1.82) is 0 Å². The minimum Gasteiger partial charge on any atom is -0.347 e. The zero-order chi connectivity index (χ0) is 15.1. The second-order valence-electron chi connectivity index (χ2n) is 6.13. The first-order valence-electron chi connectivity index (χ1n) is 7.58. The van der Waals surface area contributed by atoms with E-state index in [1.54, 1.807) is 0 Å². The highest BCUT2D eigenvalue weighted by atomic mass is 32.1. The van der Waals surface area contributed by atoms with Crippen molar-refractivity contribution < 1.29 is 4.79 Å². The number of hydrogen-bond donors (Lipinski definition) is 1. The first kappa shape index (κ1) is 13.8. The summed E-state index contributed by atoms with van der Waals surface area (Å²) >= 11 is 1.35. The standard InChI is InChI=1S/C16H18N4OS/c1-10-18-19-16(22-10)15(21)17-14-12-8-20(9-13(12)14)7-11-5-3-2-4-6-11/h2-6,12-14H,7-9H2,1H3,(H,17,21). The summed E-state index contributed by atoms with van der Waals surface area (Å²) in [4.78, 5) is 14.6. The smallest absolute Gasteiger partial charge is 0.282 e. The van der Waals surface area contributed by atoms with E-state index in [1.807, 2.05) is 13.0 Å². The number of likely N-dealkylation sites (tertiary alicyclic amines) is 1. The summed E-state index contributed by atoms with van der Waals surface area (Å²) in [6, 6.07) is 10.9. The number of aromatic nitrogens is 2. The van der Waals surface area contributed by atoms with Crippen LogP contribution >= 0.6 is 11.3 Å². The lowest BCUT2D eigenvalue weighted by Gasteiger charge is -2.19. The second-order valence-corrected chi connectivity index (χ2v) is 7.31. The zero-order valence-corrected chi connectivity index (χ0v) is 13.2. The van der Waals surface area contributed by atoms with Gasteiger partial charge in [-0.15, -0.1) is 10.2 Å². The molecule has 2 aliphatic rings. The predicted molar refractivity (Wildman–Crippen MR) is 84.6 cm³/mol. The molecule has 1 aliphatic carbocycles. The quantitative estimate of drug-likeness (QED) is 0.933. The van der Waals surface area contributed by atoms with Gasteiger partial charge in [0, 0.05) is 25.7 Å². The molecule has 5 nitrogen and oxygen atoms in total. The van der Waals surface area contributed by atoms with Crippen LogP contribution in [0.25, 0.3) is 0 Å². The van der Waals surface area contributed by atoms with Crippen LogP contribution in [0.2, 0.25) is 0 Å². The van der Waals surface area contributed by atoms with E-state index in [0.717, 1.165) is 24.6 Å². The lowest BCUT2D eigenvalue weighted by Crippen LogP contribution is -2.34. The molecule has 2 heterocycles. The number of benzene rings is 1. The van der Waals surface area contributed by atoms with Crippen molar-refractivity contribution >= 4 is 17.2 Å². The Labute approximate surface area is 133 Å². The Bertz CT molecular complexity index is 674. The molecule has 1 aliphatic heterocycles. The summed E-state index contributed by atoms with van der Waals surface area (Å²) in [5, 5.41) is 12.2. The third-order valence-electron chi connectivity index (χ3n) is 4.54. The van der Waals surface area contributed by atoms with Crippen molar-refractivity contribution in [1.82, 2.24) is 20.4 Å². The highest BCUT2D eigenvalue weighted by Crippen LogP contribution is 2.45. The molecule has 0 bridgehead atoms. The fraction of sp³-hybridized carbons (Fsp3) is 0.438. The number of rotatable bonds is 4. The molecule has 1 aromatic carbocycles. The SMILES string of the molecule is Cc1nnc(C(=O)NC2C3CN(Cc4ccccc4)CC32)s1. The third-order valence-corrected chi connectivity index (χ3v) is 5.37. The number of nitrogens with one attached hydrogen (secondary N) is 1. The zero-order valence-electron chi connectivity index (χ0n) is 12.4. The number of carbonyl (C=O) groups is 1. The van der Waals surface area contributed by atoms with Gasteiger partial charge in [0.1, 0.15) is 5.01 Å². The monoisotopic (exact) mass is 314 g/mol. The summed E-state index contributed by atoms with van der Waals surface area (Å²) in [6.45, 7) is 5.01. The van der Waals surface area contributed by atoms with E-state index in [2.05, 4.69) is 44.7 Å². The Morgan fingerprint density at radius 2 is 2.00 bits per heavy atom. The number of carbonyl (C=O) groups excluding carboxylic acids is 1. The summed E-state index contributed by atoms with van der Waals surface area (Å²) in [6.07, 6.45) is 0. The van der Waals surface area contributed by atoms with Gasteiger partial charge in [0.15, 0.2) is 0 Å². The number of hydrogen-bond acceptors (Lipinski definition) is 5. The molecule has 22 heavy (non-hydrogen) atoms. The van der Waals surface area contributed by atoms with Crippen LogP contribution in [-0.2, 0) is 6.54 Å². The largest absolute Gasteiger partial charge is 0.347 e. The van der Waals surface area contributed by atoms with Gasteiger partial charge in [0.25, 0.3) is 5.91 Å². The van der Waals surface area contributed by atoms with Crippen molar-refractivity contribution in [2.75, 3.05) is 13.1 Å². The van der Waals surface area contributed by atoms with Gasteiger partial charge < -0.3 is 5.32 Å². The maximum Gasteiger partial charge on any atom is 0.282 e. The molecule has 2 atom stereocenters. The van der Waals surface area contributed by atoms with Crippen LogP contribution in [0, 0.1) is 18.8 Å². The molecular weight excluding hydrogens is 296 g/mol. The molecule has 0 spiro atoms. The first-order valence-corrected chi connectivity index (χ1v) is 8.39. The molecule has 2 aromatic rings. The van der Waals surface area contributed by atoms with E-state index in [1.165, 1.54) is 16.9 Å². The number of fused-ring (bicyclic) bond motifs is 1. The molecule has 1 saturated carbocycles. The van der Waals surface area contributed by atoms with E-state index < -0.39 is 0 Å². The highest BCUT2D eigenvalue weighted by Gasteiger charge is 2.56. The molecule has 0 radical (unpaired) electrons. The Kier molecular flexibility index (Phi) is 3.43. The van der Waals surface area contributed by atoms with Crippen LogP contribution in [0.3, 0.4) is 0 Å². The highest BCUT2D eigenvalue weighted by molar-refractivity contribution is 7.13. The van der Waals surface area contributed by atoms with Gasteiger partial charge in [0.05, 0.1) is 0 Å². The molecule has 4 rings (SSSR count). The molecule has 1 aromatic heterocycles. The van der Waals surface area contributed by atoms with Gasteiger partial charge >= 0.3 is 0 Å². The molecule has 2 unspecified atom stereocenters. The second kappa shape index (κ2) is 5.44. The van der Waals surface area contributed by atoms with Crippen LogP contribution in [0.1, 0.15) is 20.4 Å². The maximum absolute atomic E-state index is 12.1. The summed E-state index contributed by atoms with van der Waals surface area (Å²) < 4.78 is 0. The average Bonchev–Trinajstić information content (AvgIpc) is 2.90. The van der Waals surface area contributed by atoms with Crippen LogP contribution in [0.5, 0.6) is 0 Å². The van der Waals surface area contributed by atoms with Gasteiger partial charge in [-0.2, -0.15) is 0 Å². The third kappa shape index (κ3) is 2.64. The lowest BCUT2D eigenvalue weighted by molar-refractivity contribution is 0.0941. The van der Waals surface area contributed by atoms with Crippen molar-refractivity contribution in [2.24, 2.45) is 11.8 Å². The van der Waals surface area contributed by atoms with Crippen LogP contribution in [0.4, 0.5) is 0 Å². The number of amides is 1. The molecule has 114 valence electrons. The molecule has 6 heteroatoms. The van der Waals surface area contributed by atoms with Gasteiger partial charge in [-0.1, -0.05) is 41.7 Å². The fourth-order valence-electron chi connectivity index (χ4n) is 3.40. The van der Waals surface area contributed by atoms with Gasteiger partial charge in [0.2, 0.25) is 5.01 Å². The van der Waals surface area contributed by atoms with Crippen molar-refractivity contribution in [3.05, 3.63) is 45.9 Å². The summed E-state index contributed by atoms with van der Waals surface area (Å²) in [7, 11) is 0. The Hall–Kier alpha value is -1.79. The van der Waals surface area contributed by atoms with Crippen LogP contribution in [0.15, 0.2) is 30.3 Å². The van der Waals surface area contributed by atoms with Crippen LogP contribution < -0.4 is 5.32 Å². The average molecular weight is 314 g/mol. The minimum absolute atomic E-state index is 0.0698. The van der Waals surface area contributed by atoms with Gasteiger partial charge in [-0.05, 0) is 24.3 Å². The maximum atomic E-state index is 12.1. The minimum atomic E-state index is -0.0698. The Balaban J connectivity index is 1.29. The first-order chi connectivity index (χ1) is 10.7. The van der Waals surface area contributed by atoms with E-state index >= 15 is 0 Å². The fourth-order valence-corrected chi connectivity index (χ4v) is 3.99. The lowest BCUT2D eigenvalue weighted by atomic mass is 10.2. The van der Waals surface area contributed by atoms with Gasteiger partial charge in [-0.25, -0.2) is 0 Å². The molecule has 1 saturated heterocycles. The number of aryl methyl sites for hydroxylation is 1. The summed E-state index contributed by atoms with van der Waals surface area (Å²) in [5.41, 5.74) is 1.36. The molecule has 1 N–H and O–H groups in total. The predicted octanol–water partition coefficient (Wildman–Crippen LogP) is 1.71. The molecule has 1 amide bonds. The number of nitrogens with zero attached hydrogens (tertiary/aromatic N) is 3. The van der Waals surface area contributed by atoms with Crippen molar-refractivity contribution in [2.45, 2.75) is 19.5 Å². The van der Waals surface area contributed by atoms with Crippen molar-refractivity contribution in [3.63, 3.8) is 0 Å². The van der Waals surface area contributed by atoms with Crippen molar-refractivity contribution in [3.8, 4) is 0 Å². The molecular formula is C16H18N4OS. The Morgan fingerprint density at radius 1 is 1.27 bits per heavy atom. The van der Waals surface area contributed by atoms with E-state index in [9.17, 15) is 4.79 Å². The van der Waals surface area contributed by atoms with Crippen LogP contribution in [-0.4, -0.2) is 40.1 Å². The topological polar surface area (TPSA) is 58.1 Å². The molecule has 2 fully saturated rings. The van der Waals surface area contributed by atoms with E-state index in [4.69, 9.17) is 0 Å².